The second-order valence-corrected chi connectivity index (χ2v) is 6.02. The molecular weight excluding hydrogens is 264 g/mol. The van der Waals surface area contributed by atoms with E-state index in [4.69, 9.17) is 5.11 Å². The minimum Gasteiger partial charge on any atom is -0.477 e. The zero-order valence-corrected chi connectivity index (χ0v) is 12.3. The van der Waals surface area contributed by atoms with E-state index in [9.17, 15) is 4.79 Å². The largest absolute Gasteiger partial charge is 0.477 e. The Kier molecular flexibility index (Phi) is 4.38. The Labute approximate surface area is 117 Å². The first kappa shape index (κ1) is 14.2. The van der Waals surface area contributed by atoms with Crippen molar-refractivity contribution in [1.29, 1.82) is 0 Å². The average molecular weight is 284 g/mol. The summed E-state index contributed by atoms with van der Waals surface area (Å²) in [6.45, 7) is 5.67. The summed E-state index contributed by atoms with van der Waals surface area (Å²) in [5, 5.41) is 12.9. The number of aryl methyl sites for hydroxylation is 1. The van der Waals surface area contributed by atoms with Gasteiger partial charge in [-0.05, 0) is 21.0 Å². The zero-order chi connectivity index (χ0) is 14.0. The maximum Gasteiger partial charge on any atom is 0.347 e. The van der Waals surface area contributed by atoms with Crippen LogP contribution in [-0.2, 0) is 0 Å². The van der Waals surface area contributed by atoms with Crippen LogP contribution in [0.5, 0.6) is 0 Å². The molecule has 0 amide bonds. The van der Waals surface area contributed by atoms with Crippen LogP contribution in [0.4, 0.5) is 5.13 Å². The summed E-state index contributed by atoms with van der Waals surface area (Å²) in [4.78, 5) is 20.2. The van der Waals surface area contributed by atoms with E-state index in [1.165, 1.54) is 11.3 Å². The monoisotopic (exact) mass is 284 g/mol. The van der Waals surface area contributed by atoms with Crippen LogP contribution in [0.1, 0.15) is 15.4 Å². The Bertz CT molecular complexity index is 463. The third-order valence-corrected chi connectivity index (χ3v) is 4.56. The Hall–Kier alpha value is -1.18. The Morgan fingerprint density at radius 1 is 1.53 bits per heavy atom. The third-order valence-electron chi connectivity index (χ3n) is 3.46. The van der Waals surface area contributed by atoms with Crippen LogP contribution >= 0.6 is 11.3 Å². The number of aromatic nitrogens is 1. The summed E-state index contributed by atoms with van der Waals surface area (Å²) >= 11 is 1.20. The van der Waals surface area contributed by atoms with Gasteiger partial charge in [0.1, 0.15) is 4.88 Å². The van der Waals surface area contributed by atoms with E-state index in [2.05, 4.69) is 34.2 Å². The van der Waals surface area contributed by atoms with Gasteiger partial charge in [0.15, 0.2) is 5.13 Å². The number of aromatic carboxylic acids is 1. The van der Waals surface area contributed by atoms with Crippen molar-refractivity contribution in [3.63, 3.8) is 0 Å². The van der Waals surface area contributed by atoms with Crippen molar-refractivity contribution in [3.05, 3.63) is 10.6 Å². The first-order valence-electron chi connectivity index (χ1n) is 6.30. The fraction of sp³-hybridized carbons (Fsp3) is 0.667. The van der Waals surface area contributed by atoms with Crippen molar-refractivity contribution < 1.29 is 9.90 Å². The van der Waals surface area contributed by atoms with Crippen LogP contribution in [0.3, 0.4) is 0 Å². The summed E-state index contributed by atoms with van der Waals surface area (Å²) in [5.74, 6) is -0.905. The van der Waals surface area contributed by atoms with Crippen LogP contribution in [0, 0.1) is 6.92 Å². The predicted octanol–water partition coefficient (Wildman–Crippen LogP) is 0.807. The van der Waals surface area contributed by atoms with Gasteiger partial charge in [0, 0.05) is 32.2 Å². The van der Waals surface area contributed by atoms with Crippen LogP contribution in [0.25, 0.3) is 0 Å². The SMILES string of the molecule is Cc1nc(NCC2CN(C)CCN2C)sc1C(=O)O. The molecule has 0 saturated carbocycles. The number of hydrogen-bond acceptors (Lipinski definition) is 6. The fourth-order valence-electron chi connectivity index (χ4n) is 2.20. The number of likely N-dealkylation sites (N-methyl/N-ethyl adjacent to an activating group) is 2. The third kappa shape index (κ3) is 3.43. The van der Waals surface area contributed by atoms with Crippen molar-refractivity contribution in [3.8, 4) is 0 Å². The van der Waals surface area contributed by atoms with E-state index in [0.29, 0.717) is 21.7 Å². The van der Waals surface area contributed by atoms with E-state index in [1.54, 1.807) is 6.92 Å². The molecule has 7 heteroatoms. The number of hydrogen-bond donors (Lipinski definition) is 2. The van der Waals surface area contributed by atoms with E-state index >= 15 is 0 Å². The Balaban J connectivity index is 1.94. The van der Waals surface area contributed by atoms with Crippen molar-refractivity contribution in [2.75, 3.05) is 45.6 Å². The van der Waals surface area contributed by atoms with Crippen LogP contribution in [0.15, 0.2) is 0 Å². The second-order valence-electron chi connectivity index (χ2n) is 5.02. The van der Waals surface area contributed by atoms with Crippen molar-refractivity contribution in [1.82, 2.24) is 14.8 Å². The molecule has 19 heavy (non-hydrogen) atoms. The molecule has 6 nitrogen and oxygen atoms in total. The summed E-state index contributed by atoms with van der Waals surface area (Å²) in [7, 11) is 4.24. The number of carboxylic acid groups (broad SMARTS) is 1. The van der Waals surface area contributed by atoms with Gasteiger partial charge in [-0.3, -0.25) is 4.90 Å². The minimum atomic E-state index is -0.905. The highest BCUT2D eigenvalue weighted by Gasteiger charge is 2.22. The van der Waals surface area contributed by atoms with Crippen molar-refractivity contribution >= 4 is 22.4 Å². The molecule has 1 aromatic rings. The standard InChI is InChI=1S/C12H20N4O2S/c1-8-10(11(17)18)19-12(14-8)13-6-9-7-15(2)4-5-16(9)3/h9H,4-7H2,1-3H3,(H,13,14)(H,17,18). The molecule has 1 aliphatic rings. The normalized spacial score (nSPS) is 21.5. The maximum atomic E-state index is 11.0. The second kappa shape index (κ2) is 5.85. The molecule has 106 valence electrons. The van der Waals surface area contributed by atoms with Gasteiger partial charge in [-0.15, -0.1) is 0 Å². The molecule has 2 N–H and O–H groups in total. The van der Waals surface area contributed by atoms with Gasteiger partial charge in [-0.25, -0.2) is 9.78 Å². The molecule has 1 aromatic heterocycles. The predicted molar refractivity (Wildman–Crippen MR) is 76.2 cm³/mol. The van der Waals surface area contributed by atoms with Crippen molar-refractivity contribution in [2.45, 2.75) is 13.0 Å². The Morgan fingerprint density at radius 2 is 2.26 bits per heavy atom. The zero-order valence-electron chi connectivity index (χ0n) is 11.5. The maximum absolute atomic E-state index is 11.0. The molecule has 1 saturated heterocycles. The minimum absolute atomic E-state index is 0.316. The number of piperazine rings is 1. The summed E-state index contributed by atoms with van der Waals surface area (Å²) in [6.07, 6.45) is 0. The number of thiazole rings is 1. The highest BCUT2D eigenvalue weighted by Crippen LogP contribution is 2.22. The lowest BCUT2D eigenvalue weighted by molar-refractivity contribution is 0.0701. The molecular formula is C12H20N4O2S. The van der Waals surface area contributed by atoms with Crippen molar-refractivity contribution in [2.24, 2.45) is 0 Å². The first-order chi connectivity index (χ1) is 8.97. The summed E-state index contributed by atoms with van der Waals surface area (Å²) < 4.78 is 0. The van der Waals surface area contributed by atoms with Crippen LogP contribution in [0.2, 0.25) is 0 Å². The topological polar surface area (TPSA) is 68.7 Å². The molecule has 1 fully saturated rings. The molecule has 0 aromatic carbocycles. The van der Waals surface area contributed by atoms with E-state index in [1.807, 2.05) is 0 Å². The van der Waals surface area contributed by atoms with Crippen LogP contribution < -0.4 is 5.32 Å². The number of rotatable bonds is 4. The Morgan fingerprint density at radius 3 is 2.89 bits per heavy atom. The molecule has 1 atom stereocenters. The lowest BCUT2D eigenvalue weighted by atomic mass is 10.2. The van der Waals surface area contributed by atoms with Gasteiger partial charge in [-0.2, -0.15) is 0 Å². The van der Waals surface area contributed by atoms with Gasteiger partial charge in [-0.1, -0.05) is 11.3 Å². The molecule has 2 heterocycles. The molecule has 2 rings (SSSR count). The smallest absolute Gasteiger partial charge is 0.347 e. The number of anilines is 1. The average Bonchev–Trinajstić information content (AvgIpc) is 2.72. The van der Waals surface area contributed by atoms with Gasteiger partial charge >= 0.3 is 5.97 Å². The lowest BCUT2D eigenvalue weighted by Gasteiger charge is -2.37. The number of carboxylic acids is 1. The molecule has 1 unspecified atom stereocenters. The van der Waals surface area contributed by atoms with Crippen LogP contribution in [-0.4, -0.2) is 72.2 Å². The molecule has 1 aliphatic heterocycles. The quantitative estimate of drug-likeness (QED) is 0.853. The van der Waals surface area contributed by atoms with E-state index in [0.717, 1.165) is 26.2 Å². The highest BCUT2D eigenvalue weighted by atomic mass is 32.1. The van der Waals surface area contributed by atoms with Gasteiger partial charge < -0.3 is 15.3 Å². The van der Waals surface area contributed by atoms with Gasteiger partial charge in [0.2, 0.25) is 0 Å². The van der Waals surface area contributed by atoms with E-state index < -0.39 is 5.97 Å². The molecule has 0 aliphatic carbocycles. The molecule has 0 spiro atoms. The van der Waals surface area contributed by atoms with Gasteiger partial charge in [0.05, 0.1) is 5.69 Å². The fourth-order valence-corrected chi connectivity index (χ4v) is 3.01. The number of carbonyl (C=O) groups is 1. The van der Waals surface area contributed by atoms with Gasteiger partial charge in [0.25, 0.3) is 0 Å². The molecule has 0 bridgehead atoms. The van der Waals surface area contributed by atoms with E-state index in [-0.39, 0.29) is 0 Å². The molecule has 0 radical (unpaired) electrons. The lowest BCUT2D eigenvalue weighted by Crippen LogP contribution is -2.52. The number of nitrogens with zero attached hydrogens (tertiary/aromatic N) is 3. The number of nitrogens with one attached hydrogen (secondary N) is 1. The highest BCUT2D eigenvalue weighted by molar-refractivity contribution is 7.17. The summed E-state index contributed by atoms with van der Waals surface area (Å²) in [6, 6.07) is 0.427. The first-order valence-corrected chi connectivity index (χ1v) is 7.12. The summed E-state index contributed by atoms with van der Waals surface area (Å²) in [5.41, 5.74) is 0.578.